The van der Waals surface area contributed by atoms with E-state index >= 15 is 0 Å². The van der Waals surface area contributed by atoms with Gasteiger partial charge in [-0.05, 0) is 50.3 Å². The fourth-order valence-electron chi connectivity index (χ4n) is 4.39. The average Bonchev–Trinajstić information content (AvgIpc) is 2.75. The van der Waals surface area contributed by atoms with E-state index in [4.69, 9.17) is 28.2 Å². The van der Waals surface area contributed by atoms with E-state index in [0.717, 1.165) is 44.3 Å². The second-order valence-corrected chi connectivity index (χ2v) is 9.72. The van der Waals surface area contributed by atoms with Crippen LogP contribution in [0.3, 0.4) is 0 Å². The zero-order valence-electron chi connectivity index (χ0n) is 20.1. The van der Waals surface area contributed by atoms with Crippen molar-refractivity contribution in [1.29, 1.82) is 0 Å². The first kappa shape index (κ1) is 25.9. The highest BCUT2D eigenvalue weighted by atomic mass is 35.5. The summed E-state index contributed by atoms with van der Waals surface area (Å²) in [4.78, 5) is 25.5. The monoisotopic (exact) mass is 490 g/mol. The van der Waals surface area contributed by atoms with E-state index < -0.39 is 0 Å². The van der Waals surface area contributed by atoms with Crippen LogP contribution in [-0.2, 0) is 12.8 Å². The van der Waals surface area contributed by atoms with Gasteiger partial charge in [-0.2, -0.15) is 0 Å². The number of aryl methyl sites for hydroxylation is 2. The number of Topliss-reactive ketones (excluding diaryl/α,β-unsaturated/α-hetero) is 1. The first-order chi connectivity index (χ1) is 15.9. The van der Waals surface area contributed by atoms with E-state index in [1.807, 2.05) is 0 Å². The molecule has 0 amide bonds. The van der Waals surface area contributed by atoms with Crippen molar-refractivity contribution in [3.05, 3.63) is 51.3 Å². The molecule has 0 radical (unpaired) electrons. The molecule has 2 aromatic rings. The Bertz CT molecular complexity index is 904. The van der Waals surface area contributed by atoms with Gasteiger partial charge in [0, 0.05) is 44.1 Å². The molecule has 4 rings (SSSR count). The molecule has 2 fully saturated rings. The minimum Gasteiger partial charge on any atom is -0.338 e. The normalized spacial score (nSPS) is 16.7. The molecule has 7 heteroatoms. The summed E-state index contributed by atoms with van der Waals surface area (Å²) in [5.41, 5.74) is 3.02. The number of hydrogen-bond acceptors (Lipinski definition) is 5. The molecule has 1 aliphatic carbocycles. The molecule has 0 N–H and O–H groups in total. The molecule has 0 bridgehead atoms. The number of nitrogens with zero attached hydrogens (tertiary/aromatic N) is 4. The molecule has 33 heavy (non-hydrogen) atoms. The molecule has 0 atom stereocenters. The van der Waals surface area contributed by atoms with Crippen LogP contribution in [0.2, 0.25) is 10.0 Å². The summed E-state index contributed by atoms with van der Waals surface area (Å²) in [6.07, 6.45) is 10.8. The van der Waals surface area contributed by atoms with Crippen LogP contribution >= 0.6 is 23.2 Å². The van der Waals surface area contributed by atoms with Crippen LogP contribution in [0.5, 0.6) is 0 Å². The van der Waals surface area contributed by atoms with Gasteiger partial charge in [0.2, 0.25) is 5.95 Å². The summed E-state index contributed by atoms with van der Waals surface area (Å²) in [7, 11) is 0. The molecule has 1 aromatic carbocycles. The van der Waals surface area contributed by atoms with E-state index in [1.54, 1.807) is 18.2 Å². The molecular weight excluding hydrogens is 455 g/mol. The van der Waals surface area contributed by atoms with Crippen molar-refractivity contribution in [2.45, 2.75) is 71.8 Å². The van der Waals surface area contributed by atoms with Crippen molar-refractivity contribution < 1.29 is 4.79 Å². The Morgan fingerprint density at radius 1 is 1.03 bits per heavy atom. The molecule has 1 aromatic heterocycles. The van der Waals surface area contributed by atoms with Gasteiger partial charge in [0.15, 0.2) is 5.78 Å². The Morgan fingerprint density at radius 2 is 1.67 bits per heavy atom. The van der Waals surface area contributed by atoms with Gasteiger partial charge < -0.3 is 4.90 Å². The number of piperazine rings is 1. The highest BCUT2D eigenvalue weighted by Gasteiger charge is 2.28. The lowest BCUT2D eigenvalue weighted by atomic mass is 9.91. The molecule has 0 unspecified atom stereocenters. The molecule has 5 nitrogen and oxygen atoms in total. The lowest BCUT2D eigenvalue weighted by molar-refractivity contribution is 0.101. The van der Waals surface area contributed by atoms with Gasteiger partial charge >= 0.3 is 0 Å². The van der Waals surface area contributed by atoms with E-state index in [9.17, 15) is 4.79 Å². The summed E-state index contributed by atoms with van der Waals surface area (Å²) in [6, 6.07) is 5.86. The maximum atomic E-state index is 10.9. The summed E-state index contributed by atoms with van der Waals surface area (Å²) in [5, 5.41) is 0.815. The predicted octanol–water partition coefficient (Wildman–Crippen LogP) is 6.25. The number of aromatic nitrogens is 2. The van der Waals surface area contributed by atoms with E-state index in [0.29, 0.717) is 15.6 Å². The highest BCUT2D eigenvalue weighted by Crippen LogP contribution is 2.26. The van der Waals surface area contributed by atoms with Crippen LogP contribution in [0.25, 0.3) is 0 Å². The SMILES string of the molecule is CC(=O)c1c(Cl)cccc1Cl.CCCc1cnc(N2CCN(C3CCC3)CC2)nc1CCC. The Labute approximate surface area is 208 Å². The molecular formula is C26H36Cl2N4O. The Balaban J connectivity index is 0.000000235. The number of carbonyl (C=O) groups excluding carboxylic acids is 1. The number of hydrogen-bond donors (Lipinski definition) is 0. The van der Waals surface area contributed by atoms with E-state index in [1.165, 1.54) is 57.0 Å². The van der Waals surface area contributed by atoms with Gasteiger partial charge in [-0.15, -0.1) is 0 Å². The fourth-order valence-corrected chi connectivity index (χ4v) is 5.05. The Morgan fingerprint density at radius 3 is 2.15 bits per heavy atom. The van der Waals surface area contributed by atoms with Crippen molar-refractivity contribution in [1.82, 2.24) is 14.9 Å². The minimum atomic E-state index is -0.111. The molecule has 2 aliphatic rings. The third-order valence-electron chi connectivity index (χ3n) is 6.45. The van der Waals surface area contributed by atoms with Crippen molar-refractivity contribution >= 4 is 34.9 Å². The van der Waals surface area contributed by atoms with Crippen molar-refractivity contribution in [3.63, 3.8) is 0 Å². The molecule has 180 valence electrons. The molecule has 2 heterocycles. The second kappa shape index (κ2) is 12.7. The number of rotatable bonds is 7. The van der Waals surface area contributed by atoms with Crippen LogP contribution in [0.15, 0.2) is 24.4 Å². The lowest BCUT2D eigenvalue weighted by Crippen LogP contribution is -2.52. The number of anilines is 1. The zero-order valence-corrected chi connectivity index (χ0v) is 21.6. The smallest absolute Gasteiger partial charge is 0.225 e. The average molecular weight is 492 g/mol. The standard InChI is InChI=1S/C18H30N4.C8H6Cl2O/c1-3-6-15-14-19-18(20-17(15)7-4-2)22-12-10-21(11-13-22)16-8-5-9-16;1-5(11)8-6(9)3-2-4-7(8)10/h14,16H,3-13H2,1-2H3;2-4H,1H3. The van der Waals surface area contributed by atoms with Crippen molar-refractivity contribution in [2.24, 2.45) is 0 Å². The third kappa shape index (κ3) is 6.91. The molecule has 0 spiro atoms. The number of benzene rings is 1. The highest BCUT2D eigenvalue weighted by molar-refractivity contribution is 6.39. The van der Waals surface area contributed by atoms with Crippen molar-refractivity contribution in [3.8, 4) is 0 Å². The molecule has 1 saturated carbocycles. The lowest BCUT2D eigenvalue weighted by Gasteiger charge is -2.43. The second-order valence-electron chi connectivity index (χ2n) is 8.90. The summed E-state index contributed by atoms with van der Waals surface area (Å²) < 4.78 is 0. The molecule has 1 saturated heterocycles. The number of carbonyl (C=O) groups is 1. The summed E-state index contributed by atoms with van der Waals surface area (Å²) >= 11 is 11.4. The number of halogens is 2. The van der Waals surface area contributed by atoms with Gasteiger partial charge in [-0.1, -0.05) is 62.4 Å². The van der Waals surface area contributed by atoms with Gasteiger partial charge in [-0.3, -0.25) is 9.69 Å². The van der Waals surface area contributed by atoms with Gasteiger partial charge in [0.05, 0.1) is 15.6 Å². The number of ketones is 1. The Hall–Kier alpha value is -1.69. The maximum absolute atomic E-state index is 10.9. The van der Waals surface area contributed by atoms with Crippen LogP contribution in [0.1, 0.15) is 74.5 Å². The van der Waals surface area contributed by atoms with E-state index in [-0.39, 0.29) is 5.78 Å². The summed E-state index contributed by atoms with van der Waals surface area (Å²) in [5.74, 6) is 0.845. The third-order valence-corrected chi connectivity index (χ3v) is 7.08. The van der Waals surface area contributed by atoms with Crippen LogP contribution < -0.4 is 4.90 Å². The maximum Gasteiger partial charge on any atom is 0.225 e. The van der Waals surface area contributed by atoms with Crippen molar-refractivity contribution in [2.75, 3.05) is 31.1 Å². The largest absolute Gasteiger partial charge is 0.338 e. The Kier molecular flexibility index (Phi) is 9.96. The minimum absolute atomic E-state index is 0.111. The first-order valence-corrected chi connectivity index (χ1v) is 13.0. The topological polar surface area (TPSA) is 49.3 Å². The molecule has 1 aliphatic heterocycles. The van der Waals surface area contributed by atoms with Crippen LogP contribution in [-0.4, -0.2) is 52.9 Å². The van der Waals surface area contributed by atoms with E-state index in [2.05, 4.69) is 34.8 Å². The van der Waals surface area contributed by atoms with Crippen LogP contribution in [0.4, 0.5) is 5.95 Å². The van der Waals surface area contributed by atoms with Gasteiger partial charge in [0.1, 0.15) is 0 Å². The summed E-state index contributed by atoms with van der Waals surface area (Å²) in [6.45, 7) is 10.4. The van der Waals surface area contributed by atoms with Crippen LogP contribution in [0, 0.1) is 0 Å². The fraction of sp³-hybridized carbons (Fsp3) is 0.577. The predicted molar refractivity (Wildman–Crippen MR) is 138 cm³/mol. The quantitative estimate of drug-likeness (QED) is 0.429. The van der Waals surface area contributed by atoms with Gasteiger partial charge in [0.25, 0.3) is 0 Å². The van der Waals surface area contributed by atoms with Gasteiger partial charge in [-0.25, -0.2) is 9.97 Å². The zero-order chi connectivity index (χ0) is 23.8. The first-order valence-electron chi connectivity index (χ1n) is 12.2.